The van der Waals surface area contributed by atoms with Crippen molar-refractivity contribution in [1.29, 1.82) is 0 Å². The van der Waals surface area contributed by atoms with Crippen LogP contribution in [0.1, 0.15) is 18.1 Å². The molecule has 0 aromatic heterocycles. The number of allylic oxidation sites excluding steroid dienone is 1. The second kappa shape index (κ2) is 6.36. The van der Waals surface area contributed by atoms with E-state index in [0.29, 0.717) is 0 Å². The van der Waals surface area contributed by atoms with Gasteiger partial charge in [-0.1, -0.05) is 29.8 Å². The Labute approximate surface area is 98.2 Å². The quantitative estimate of drug-likeness (QED) is 0.828. The number of hydrogen-bond donors (Lipinski definition) is 2. The molecule has 3 heteroatoms. The number of hydrogen-bond acceptors (Lipinski definition) is 2. The molecule has 15 heavy (non-hydrogen) atoms. The summed E-state index contributed by atoms with van der Waals surface area (Å²) < 4.78 is 0. The maximum atomic E-state index is 3.21. The van der Waals surface area contributed by atoms with Crippen LogP contribution in [0.15, 0.2) is 30.0 Å². The Hall–Kier alpha value is -1.15. The summed E-state index contributed by atoms with van der Waals surface area (Å²) in [5.41, 5.74) is 4.79. The summed E-state index contributed by atoms with van der Waals surface area (Å²) in [4.78, 5) is 0. The molecule has 1 rings (SSSR count). The molecule has 0 aliphatic rings. The average Bonchev–Trinajstić information content (AvgIpc) is 2.21. The molecule has 0 atom stereocenters. The minimum absolute atomic E-state index is 0. The van der Waals surface area contributed by atoms with Crippen LogP contribution in [-0.2, 0) is 0 Å². The molecular formula is C12H19ClN2. The molecule has 2 N–H and O–H groups in total. The van der Waals surface area contributed by atoms with Crippen molar-refractivity contribution in [2.45, 2.75) is 13.8 Å². The van der Waals surface area contributed by atoms with E-state index in [1.807, 2.05) is 14.1 Å². The molecule has 0 unspecified atom stereocenters. The van der Waals surface area contributed by atoms with Gasteiger partial charge in [0.15, 0.2) is 0 Å². The zero-order valence-corrected chi connectivity index (χ0v) is 10.5. The molecule has 0 amide bonds. The van der Waals surface area contributed by atoms with E-state index in [-0.39, 0.29) is 12.4 Å². The van der Waals surface area contributed by atoms with Crippen LogP contribution in [-0.4, -0.2) is 14.1 Å². The minimum Gasteiger partial charge on any atom is -0.390 e. The van der Waals surface area contributed by atoms with E-state index in [4.69, 9.17) is 0 Å². The van der Waals surface area contributed by atoms with Gasteiger partial charge in [0.25, 0.3) is 0 Å². The zero-order chi connectivity index (χ0) is 10.6. The van der Waals surface area contributed by atoms with Gasteiger partial charge in [-0.2, -0.15) is 0 Å². The van der Waals surface area contributed by atoms with Gasteiger partial charge in [0.05, 0.1) is 5.70 Å². The minimum atomic E-state index is 0. The van der Waals surface area contributed by atoms with E-state index in [1.165, 1.54) is 11.1 Å². The summed E-state index contributed by atoms with van der Waals surface area (Å²) in [6.45, 7) is 4.16. The number of aryl methyl sites for hydroxylation is 1. The molecule has 0 spiro atoms. The molecule has 0 aliphatic heterocycles. The highest BCUT2D eigenvalue weighted by Crippen LogP contribution is 2.14. The Morgan fingerprint density at radius 3 is 1.93 bits per heavy atom. The molecular weight excluding hydrogens is 208 g/mol. The molecule has 1 aromatic carbocycles. The van der Waals surface area contributed by atoms with Crippen LogP contribution < -0.4 is 10.6 Å². The predicted molar refractivity (Wildman–Crippen MR) is 69.1 cm³/mol. The molecule has 2 nitrogen and oxygen atoms in total. The average molecular weight is 227 g/mol. The summed E-state index contributed by atoms with van der Waals surface area (Å²) in [6, 6.07) is 8.50. The van der Waals surface area contributed by atoms with E-state index in [2.05, 4.69) is 48.7 Å². The fourth-order valence-electron chi connectivity index (χ4n) is 1.39. The number of halogens is 1. The third-order valence-electron chi connectivity index (χ3n) is 2.34. The zero-order valence-electron chi connectivity index (χ0n) is 9.72. The van der Waals surface area contributed by atoms with Gasteiger partial charge in [0, 0.05) is 19.8 Å². The normalized spacial score (nSPS) is 11.2. The van der Waals surface area contributed by atoms with E-state index in [9.17, 15) is 0 Å². The maximum Gasteiger partial charge on any atom is 0.0600 e. The molecule has 84 valence electrons. The molecule has 0 fully saturated rings. The highest BCUT2D eigenvalue weighted by molar-refractivity contribution is 5.85. The second-order valence-corrected chi connectivity index (χ2v) is 3.37. The van der Waals surface area contributed by atoms with Gasteiger partial charge >= 0.3 is 0 Å². The van der Waals surface area contributed by atoms with Crippen molar-refractivity contribution < 1.29 is 0 Å². The predicted octanol–water partition coefficient (Wildman–Crippen LogP) is 2.54. The van der Waals surface area contributed by atoms with Crippen LogP contribution in [0.2, 0.25) is 0 Å². The standard InChI is InChI=1S/C12H18N2.ClH/c1-9-5-7-11(8-6-9)12(14-4)10(2)13-3;/h5-8,13-14H,1-4H3;1H/b12-10-;. The lowest BCUT2D eigenvalue weighted by molar-refractivity contribution is 0.959. The summed E-state index contributed by atoms with van der Waals surface area (Å²) in [5, 5.41) is 6.35. The fourth-order valence-corrected chi connectivity index (χ4v) is 1.39. The molecule has 0 bridgehead atoms. The monoisotopic (exact) mass is 226 g/mol. The van der Waals surface area contributed by atoms with Gasteiger partial charge in [0.2, 0.25) is 0 Å². The maximum absolute atomic E-state index is 3.21. The van der Waals surface area contributed by atoms with Crippen molar-refractivity contribution in [2.75, 3.05) is 14.1 Å². The highest BCUT2D eigenvalue weighted by atomic mass is 35.5. The highest BCUT2D eigenvalue weighted by Gasteiger charge is 2.01. The smallest absolute Gasteiger partial charge is 0.0600 e. The van der Waals surface area contributed by atoms with Crippen LogP contribution in [0, 0.1) is 6.92 Å². The van der Waals surface area contributed by atoms with E-state index >= 15 is 0 Å². The van der Waals surface area contributed by atoms with Gasteiger partial charge in [0.1, 0.15) is 0 Å². The van der Waals surface area contributed by atoms with Gasteiger partial charge < -0.3 is 10.6 Å². The topological polar surface area (TPSA) is 24.1 Å². The Bertz CT molecular complexity index is 328. The van der Waals surface area contributed by atoms with Gasteiger partial charge in [-0.25, -0.2) is 0 Å². The lowest BCUT2D eigenvalue weighted by atomic mass is 10.1. The molecule has 0 radical (unpaired) electrons. The van der Waals surface area contributed by atoms with Crippen molar-refractivity contribution in [3.63, 3.8) is 0 Å². The fraction of sp³-hybridized carbons (Fsp3) is 0.333. The molecule has 0 aliphatic carbocycles. The largest absolute Gasteiger partial charge is 0.390 e. The van der Waals surface area contributed by atoms with Crippen LogP contribution in [0.3, 0.4) is 0 Å². The first-order valence-electron chi connectivity index (χ1n) is 4.82. The van der Waals surface area contributed by atoms with Crippen LogP contribution in [0.25, 0.3) is 5.70 Å². The number of rotatable bonds is 3. The third-order valence-corrected chi connectivity index (χ3v) is 2.34. The second-order valence-electron chi connectivity index (χ2n) is 3.37. The summed E-state index contributed by atoms with van der Waals surface area (Å²) in [7, 11) is 3.87. The summed E-state index contributed by atoms with van der Waals surface area (Å²) in [5.74, 6) is 0. The van der Waals surface area contributed by atoms with Crippen molar-refractivity contribution in [2.24, 2.45) is 0 Å². The van der Waals surface area contributed by atoms with Crippen LogP contribution in [0.4, 0.5) is 0 Å². The molecule has 0 heterocycles. The van der Waals surface area contributed by atoms with Crippen LogP contribution >= 0.6 is 12.4 Å². The molecule has 0 saturated carbocycles. The SMILES string of the molecule is CN/C(C)=C(\NC)c1ccc(C)cc1.Cl. The van der Waals surface area contributed by atoms with Gasteiger partial charge in [-0.15, -0.1) is 12.4 Å². The number of nitrogens with one attached hydrogen (secondary N) is 2. The van der Waals surface area contributed by atoms with Gasteiger partial charge in [-0.3, -0.25) is 0 Å². The van der Waals surface area contributed by atoms with E-state index in [0.717, 1.165) is 11.4 Å². The first kappa shape index (κ1) is 13.8. The molecule has 1 aromatic rings. The lowest BCUT2D eigenvalue weighted by Gasteiger charge is -2.12. The lowest BCUT2D eigenvalue weighted by Crippen LogP contribution is -2.14. The first-order chi connectivity index (χ1) is 6.69. The summed E-state index contributed by atoms with van der Waals surface area (Å²) in [6.07, 6.45) is 0. The van der Waals surface area contributed by atoms with Gasteiger partial charge in [-0.05, 0) is 19.4 Å². The Morgan fingerprint density at radius 1 is 1.00 bits per heavy atom. The van der Waals surface area contributed by atoms with E-state index < -0.39 is 0 Å². The summed E-state index contributed by atoms with van der Waals surface area (Å²) >= 11 is 0. The Morgan fingerprint density at radius 2 is 1.53 bits per heavy atom. The first-order valence-corrected chi connectivity index (χ1v) is 4.82. The van der Waals surface area contributed by atoms with Crippen molar-refractivity contribution >= 4 is 18.1 Å². The van der Waals surface area contributed by atoms with Crippen molar-refractivity contribution in [3.05, 3.63) is 41.1 Å². The van der Waals surface area contributed by atoms with Crippen LogP contribution in [0.5, 0.6) is 0 Å². The number of benzene rings is 1. The van der Waals surface area contributed by atoms with Crippen molar-refractivity contribution in [3.8, 4) is 0 Å². The Balaban J connectivity index is 0.00000196. The van der Waals surface area contributed by atoms with E-state index in [1.54, 1.807) is 0 Å². The third kappa shape index (κ3) is 3.48. The Kier molecular flexibility index (Phi) is 5.87. The van der Waals surface area contributed by atoms with Crippen molar-refractivity contribution in [1.82, 2.24) is 10.6 Å². The molecule has 0 saturated heterocycles.